The van der Waals surface area contributed by atoms with Gasteiger partial charge in [0.05, 0.1) is 17.2 Å². The number of halogens is 2. The fraction of sp³-hybridized carbons (Fsp3) is 0.0769. The smallest absolute Gasteiger partial charge is 0.262 e. The Bertz CT molecular complexity index is 714. The van der Waals surface area contributed by atoms with Crippen molar-refractivity contribution in [3.8, 4) is 0 Å². The molecule has 0 unspecified atom stereocenters. The Morgan fingerprint density at radius 1 is 1.15 bits per heavy atom. The van der Waals surface area contributed by atoms with Crippen LogP contribution >= 0.6 is 15.9 Å². The first-order valence-corrected chi connectivity index (χ1v) is 7.89. The third-order valence-electron chi connectivity index (χ3n) is 2.63. The van der Waals surface area contributed by atoms with Crippen molar-refractivity contribution >= 4 is 31.6 Å². The van der Waals surface area contributed by atoms with Gasteiger partial charge in [0.1, 0.15) is 5.82 Å². The maximum absolute atomic E-state index is 13.7. The molecular formula is C13H11BrFNO3S. The van der Waals surface area contributed by atoms with Gasteiger partial charge in [-0.15, -0.1) is 0 Å². The SMILES string of the molecule is O=S(=O)(Nc1c(F)cccc1Br)c1ccccc1CO. The summed E-state index contributed by atoms with van der Waals surface area (Å²) in [6.45, 7) is -0.421. The van der Waals surface area contributed by atoms with Crippen molar-refractivity contribution in [1.82, 2.24) is 0 Å². The molecule has 0 heterocycles. The van der Waals surface area contributed by atoms with Gasteiger partial charge in [0.15, 0.2) is 0 Å². The van der Waals surface area contributed by atoms with E-state index < -0.39 is 22.4 Å². The summed E-state index contributed by atoms with van der Waals surface area (Å²) in [5.74, 6) is -0.690. The van der Waals surface area contributed by atoms with Crippen molar-refractivity contribution in [2.75, 3.05) is 4.72 Å². The second kappa shape index (κ2) is 5.90. The minimum atomic E-state index is -3.98. The molecule has 20 heavy (non-hydrogen) atoms. The summed E-state index contributed by atoms with van der Waals surface area (Å²) in [5.41, 5.74) is 0.0766. The zero-order valence-corrected chi connectivity index (χ0v) is 12.6. The Hall–Kier alpha value is -1.44. The first-order chi connectivity index (χ1) is 9.45. The van der Waals surface area contributed by atoms with E-state index in [1.165, 1.54) is 30.3 Å². The lowest BCUT2D eigenvalue weighted by atomic mass is 10.2. The molecule has 0 atom stereocenters. The highest BCUT2D eigenvalue weighted by Crippen LogP contribution is 2.28. The summed E-state index contributed by atoms with van der Waals surface area (Å²) in [7, 11) is -3.98. The Kier molecular flexibility index (Phi) is 4.42. The van der Waals surface area contributed by atoms with Crippen molar-refractivity contribution in [2.24, 2.45) is 0 Å². The number of aliphatic hydroxyl groups is 1. The number of hydrogen-bond acceptors (Lipinski definition) is 3. The summed E-state index contributed by atoms with van der Waals surface area (Å²) < 4.78 is 40.7. The average Bonchev–Trinajstić information content (AvgIpc) is 2.43. The minimum Gasteiger partial charge on any atom is -0.392 e. The monoisotopic (exact) mass is 359 g/mol. The lowest BCUT2D eigenvalue weighted by Crippen LogP contribution is -2.16. The largest absolute Gasteiger partial charge is 0.392 e. The summed E-state index contributed by atoms with van der Waals surface area (Å²) >= 11 is 3.09. The zero-order valence-electron chi connectivity index (χ0n) is 10.2. The van der Waals surface area contributed by atoms with Gasteiger partial charge in [0, 0.05) is 4.47 Å². The standard InChI is InChI=1S/C13H11BrFNO3S/c14-10-5-3-6-11(15)13(10)16-20(18,19)12-7-2-1-4-9(12)8-17/h1-7,16-17H,8H2. The van der Waals surface area contributed by atoms with Gasteiger partial charge < -0.3 is 5.11 Å². The quantitative estimate of drug-likeness (QED) is 0.881. The van der Waals surface area contributed by atoms with Crippen LogP contribution in [0.2, 0.25) is 0 Å². The number of nitrogens with one attached hydrogen (secondary N) is 1. The van der Waals surface area contributed by atoms with Crippen molar-refractivity contribution in [3.05, 3.63) is 58.3 Å². The molecule has 0 saturated carbocycles. The molecule has 0 amide bonds. The van der Waals surface area contributed by atoms with Crippen LogP contribution in [-0.4, -0.2) is 13.5 Å². The number of hydrogen-bond donors (Lipinski definition) is 2. The number of para-hydroxylation sites is 1. The van der Waals surface area contributed by atoms with Crippen LogP contribution in [0, 0.1) is 5.82 Å². The fourth-order valence-electron chi connectivity index (χ4n) is 1.68. The maximum Gasteiger partial charge on any atom is 0.262 e. The highest BCUT2D eigenvalue weighted by atomic mass is 79.9. The van der Waals surface area contributed by atoms with Crippen molar-refractivity contribution in [3.63, 3.8) is 0 Å². The summed E-state index contributed by atoms with van der Waals surface area (Å²) in [4.78, 5) is -0.0855. The fourth-order valence-corrected chi connectivity index (χ4v) is 3.58. The highest BCUT2D eigenvalue weighted by Gasteiger charge is 2.20. The number of sulfonamides is 1. The van der Waals surface area contributed by atoms with Crippen LogP contribution in [-0.2, 0) is 16.6 Å². The molecule has 0 saturated heterocycles. The number of rotatable bonds is 4. The van der Waals surface area contributed by atoms with E-state index in [2.05, 4.69) is 20.7 Å². The van der Waals surface area contributed by atoms with E-state index >= 15 is 0 Å². The molecule has 0 aliphatic heterocycles. The molecule has 0 aromatic heterocycles. The number of anilines is 1. The highest BCUT2D eigenvalue weighted by molar-refractivity contribution is 9.10. The molecular weight excluding hydrogens is 349 g/mol. The van der Waals surface area contributed by atoms with Gasteiger partial charge in [0.2, 0.25) is 0 Å². The second-order valence-electron chi connectivity index (χ2n) is 3.97. The van der Waals surface area contributed by atoms with Crippen molar-refractivity contribution in [1.29, 1.82) is 0 Å². The molecule has 0 bridgehead atoms. The topological polar surface area (TPSA) is 66.4 Å². The third kappa shape index (κ3) is 3.00. The van der Waals surface area contributed by atoms with Crippen LogP contribution in [0.5, 0.6) is 0 Å². The molecule has 106 valence electrons. The summed E-state index contributed by atoms with van der Waals surface area (Å²) in [6, 6.07) is 10.1. The first-order valence-electron chi connectivity index (χ1n) is 5.61. The van der Waals surface area contributed by atoms with Crippen LogP contribution in [0.15, 0.2) is 51.8 Å². The predicted octanol–water partition coefficient (Wildman–Crippen LogP) is 2.88. The van der Waals surface area contributed by atoms with Crippen molar-refractivity contribution < 1.29 is 17.9 Å². The van der Waals surface area contributed by atoms with Gasteiger partial charge in [-0.2, -0.15) is 0 Å². The molecule has 2 aromatic rings. The zero-order chi connectivity index (χ0) is 14.8. The van der Waals surface area contributed by atoms with E-state index in [0.717, 1.165) is 6.07 Å². The van der Waals surface area contributed by atoms with Gasteiger partial charge in [-0.3, -0.25) is 4.72 Å². The van der Waals surface area contributed by atoms with Crippen molar-refractivity contribution in [2.45, 2.75) is 11.5 Å². The molecule has 0 radical (unpaired) electrons. The van der Waals surface area contributed by atoms with Gasteiger partial charge in [-0.1, -0.05) is 24.3 Å². The van der Waals surface area contributed by atoms with Gasteiger partial charge in [0.25, 0.3) is 10.0 Å². The Morgan fingerprint density at radius 3 is 2.50 bits per heavy atom. The number of aliphatic hydroxyl groups excluding tert-OH is 1. The minimum absolute atomic E-state index is 0.0855. The van der Waals surface area contributed by atoms with Crippen LogP contribution in [0.1, 0.15) is 5.56 Å². The first kappa shape index (κ1) is 15.0. The third-order valence-corrected chi connectivity index (χ3v) is 4.74. The molecule has 7 heteroatoms. The van der Waals surface area contributed by atoms with Crippen LogP contribution in [0.3, 0.4) is 0 Å². The van der Waals surface area contributed by atoms with Gasteiger partial charge in [-0.05, 0) is 39.7 Å². The maximum atomic E-state index is 13.7. The Morgan fingerprint density at radius 2 is 1.85 bits per heavy atom. The van der Waals surface area contributed by atoms with E-state index in [4.69, 9.17) is 0 Å². The second-order valence-corrected chi connectivity index (χ2v) is 6.47. The van der Waals surface area contributed by atoms with Crippen LogP contribution in [0.25, 0.3) is 0 Å². The molecule has 0 aliphatic rings. The summed E-state index contributed by atoms with van der Waals surface area (Å²) in [5, 5.41) is 9.18. The molecule has 4 nitrogen and oxygen atoms in total. The molecule has 0 fully saturated rings. The average molecular weight is 360 g/mol. The van der Waals surface area contributed by atoms with E-state index in [9.17, 15) is 17.9 Å². The molecule has 0 aliphatic carbocycles. The van der Waals surface area contributed by atoms with E-state index in [-0.39, 0.29) is 16.1 Å². The number of benzene rings is 2. The molecule has 2 rings (SSSR count). The predicted molar refractivity (Wildman–Crippen MR) is 77.3 cm³/mol. The normalized spacial score (nSPS) is 11.3. The Labute approximate surface area is 124 Å². The lowest BCUT2D eigenvalue weighted by molar-refractivity contribution is 0.278. The van der Waals surface area contributed by atoms with Gasteiger partial charge >= 0.3 is 0 Å². The van der Waals surface area contributed by atoms with Crippen LogP contribution in [0.4, 0.5) is 10.1 Å². The van der Waals surface area contributed by atoms with E-state index in [1.807, 2.05) is 0 Å². The van der Waals surface area contributed by atoms with Gasteiger partial charge in [-0.25, -0.2) is 12.8 Å². The van der Waals surface area contributed by atoms with Crippen LogP contribution < -0.4 is 4.72 Å². The van der Waals surface area contributed by atoms with E-state index in [1.54, 1.807) is 6.07 Å². The summed E-state index contributed by atoms with van der Waals surface area (Å²) in [6.07, 6.45) is 0. The molecule has 2 N–H and O–H groups in total. The molecule has 0 spiro atoms. The molecule has 2 aromatic carbocycles. The van der Waals surface area contributed by atoms with E-state index in [0.29, 0.717) is 4.47 Å². The Balaban J connectivity index is 2.47. The lowest BCUT2D eigenvalue weighted by Gasteiger charge is -2.12.